The first kappa shape index (κ1) is 24.6. The van der Waals surface area contributed by atoms with Crippen molar-refractivity contribution < 1.29 is 14.9 Å². The van der Waals surface area contributed by atoms with E-state index in [0.29, 0.717) is 24.0 Å². The lowest BCUT2D eigenvalue weighted by Gasteiger charge is -2.36. The van der Waals surface area contributed by atoms with Crippen molar-refractivity contribution in [2.75, 3.05) is 20.2 Å². The first-order chi connectivity index (χ1) is 17.0. The molecule has 1 aliphatic rings. The Morgan fingerprint density at radius 3 is 2.17 bits per heavy atom. The van der Waals surface area contributed by atoms with Crippen LogP contribution in [0, 0.1) is 0 Å². The molecule has 0 radical (unpaired) electrons. The molecule has 182 valence electrons. The normalized spacial score (nSPS) is 14.9. The molecule has 0 bridgehead atoms. The van der Waals surface area contributed by atoms with E-state index in [1.54, 1.807) is 13.2 Å². The number of ether oxygens (including phenoxy) is 1. The maximum Gasteiger partial charge on any atom is 0.128 e. The standard InChI is InChI=1S/C31H35NO3/c1-4-9-22-11-16-29(33)26(19-22)27-20-23(10-5-2)21-28(31(27)34)30(32-17-7-6-8-18-32)24-12-14-25(35-3)15-13-24/h4-5,11-16,19-21,30,33-34H,1-2,6-10,17-18H2,3H3. The molecule has 3 aromatic carbocycles. The van der Waals surface area contributed by atoms with Gasteiger partial charge in [-0.05, 0) is 91.9 Å². The van der Waals surface area contributed by atoms with Crippen LogP contribution in [0.25, 0.3) is 11.1 Å². The zero-order valence-electron chi connectivity index (χ0n) is 20.5. The van der Waals surface area contributed by atoms with Crippen LogP contribution in [0.1, 0.15) is 47.6 Å². The van der Waals surface area contributed by atoms with Crippen LogP contribution >= 0.6 is 0 Å². The number of allylic oxidation sites excluding steroid dienone is 2. The molecule has 1 unspecified atom stereocenters. The summed E-state index contributed by atoms with van der Waals surface area (Å²) in [6.45, 7) is 9.70. The van der Waals surface area contributed by atoms with E-state index in [1.807, 2.05) is 42.5 Å². The second-order valence-corrected chi connectivity index (χ2v) is 9.19. The second-order valence-electron chi connectivity index (χ2n) is 9.19. The Balaban J connectivity index is 1.91. The van der Waals surface area contributed by atoms with Crippen LogP contribution in [0.4, 0.5) is 0 Å². The molecular weight excluding hydrogens is 434 g/mol. The van der Waals surface area contributed by atoms with Crippen LogP contribution < -0.4 is 4.74 Å². The molecule has 0 aromatic heterocycles. The maximum atomic E-state index is 11.7. The minimum Gasteiger partial charge on any atom is -0.507 e. The zero-order valence-corrected chi connectivity index (χ0v) is 20.5. The monoisotopic (exact) mass is 469 g/mol. The predicted molar refractivity (Wildman–Crippen MR) is 143 cm³/mol. The predicted octanol–water partition coefficient (Wildman–Crippen LogP) is 6.81. The van der Waals surface area contributed by atoms with Gasteiger partial charge in [0, 0.05) is 16.7 Å². The van der Waals surface area contributed by atoms with E-state index in [1.165, 1.54) is 6.42 Å². The number of methoxy groups -OCH3 is 1. The molecule has 1 saturated heterocycles. The lowest BCUT2D eigenvalue weighted by Crippen LogP contribution is -2.34. The number of benzene rings is 3. The molecule has 2 N–H and O–H groups in total. The van der Waals surface area contributed by atoms with E-state index in [-0.39, 0.29) is 17.5 Å². The Bertz CT molecular complexity index is 1180. The smallest absolute Gasteiger partial charge is 0.128 e. The number of rotatable bonds is 9. The molecule has 1 aliphatic heterocycles. The number of piperidine rings is 1. The third-order valence-electron chi connectivity index (χ3n) is 6.79. The largest absolute Gasteiger partial charge is 0.507 e. The molecule has 35 heavy (non-hydrogen) atoms. The van der Waals surface area contributed by atoms with E-state index in [0.717, 1.165) is 53.9 Å². The minimum atomic E-state index is -0.108. The van der Waals surface area contributed by atoms with Crippen LogP contribution in [0.15, 0.2) is 79.9 Å². The van der Waals surface area contributed by atoms with Crippen molar-refractivity contribution in [3.05, 3.63) is 102 Å². The van der Waals surface area contributed by atoms with Gasteiger partial charge in [0.1, 0.15) is 17.2 Å². The lowest BCUT2D eigenvalue weighted by atomic mass is 9.88. The third kappa shape index (κ3) is 5.44. The van der Waals surface area contributed by atoms with Gasteiger partial charge in [-0.15, -0.1) is 13.2 Å². The summed E-state index contributed by atoms with van der Waals surface area (Å²) in [5, 5.41) is 22.5. The average Bonchev–Trinajstić information content (AvgIpc) is 2.88. The van der Waals surface area contributed by atoms with Gasteiger partial charge < -0.3 is 14.9 Å². The molecule has 4 heteroatoms. The number of hydrogen-bond acceptors (Lipinski definition) is 4. The fourth-order valence-electron chi connectivity index (χ4n) is 5.06. The number of aromatic hydroxyl groups is 2. The Labute approximate surface area is 208 Å². The molecule has 0 aliphatic carbocycles. The molecule has 0 amide bonds. The lowest BCUT2D eigenvalue weighted by molar-refractivity contribution is 0.185. The van der Waals surface area contributed by atoms with Crippen molar-refractivity contribution in [1.29, 1.82) is 0 Å². The van der Waals surface area contributed by atoms with Gasteiger partial charge in [-0.25, -0.2) is 0 Å². The highest BCUT2D eigenvalue weighted by Gasteiger charge is 2.28. The van der Waals surface area contributed by atoms with Crippen molar-refractivity contribution >= 4 is 0 Å². The molecule has 1 fully saturated rings. The van der Waals surface area contributed by atoms with Crippen molar-refractivity contribution in [2.45, 2.75) is 38.1 Å². The van der Waals surface area contributed by atoms with E-state index in [9.17, 15) is 10.2 Å². The van der Waals surface area contributed by atoms with E-state index in [4.69, 9.17) is 4.74 Å². The van der Waals surface area contributed by atoms with Gasteiger partial charge in [0.05, 0.1) is 13.2 Å². The van der Waals surface area contributed by atoms with Crippen LogP contribution in [0.3, 0.4) is 0 Å². The molecule has 0 saturated carbocycles. The molecule has 3 aromatic rings. The van der Waals surface area contributed by atoms with Crippen LogP contribution in [0.5, 0.6) is 17.2 Å². The van der Waals surface area contributed by atoms with E-state index < -0.39 is 0 Å². The van der Waals surface area contributed by atoms with Gasteiger partial charge in [-0.1, -0.05) is 36.8 Å². The van der Waals surface area contributed by atoms with Gasteiger partial charge in [0.25, 0.3) is 0 Å². The molecule has 0 spiro atoms. The number of hydrogen-bond donors (Lipinski definition) is 2. The second kappa shape index (κ2) is 11.3. The van der Waals surface area contributed by atoms with Crippen molar-refractivity contribution in [3.8, 4) is 28.4 Å². The summed E-state index contributed by atoms with van der Waals surface area (Å²) in [6.07, 6.45) is 8.57. The highest BCUT2D eigenvalue weighted by molar-refractivity contribution is 5.78. The minimum absolute atomic E-state index is 0.108. The summed E-state index contributed by atoms with van der Waals surface area (Å²) in [5.41, 5.74) is 5.30. The van der Waals surface area contributed by atoms with Gasteiger partial charge in [0.15, 0.2) is 0 Å². The highest BCUT2D eigenvalue weighted by Crippen LogP contribution is 2.44. The first-order valence-corrected chi connectivity index (χ1v) is 12.3. The summed E-state index contributed by atoms with van der Waals surface area (Å²) in [4.78, 5) is 2.45. The summed E-state index contributed by atoms with van der Waals surface area (Å²) < 4.78 is 5.39. The fraction of sp³-hybridized carbons (Fsp3) is 0.290. The van der Waals surface area contributed by atoms with Gasteiger partial charge in [0.2, 0.25) is 0 Å². The van der Waals surface area contributed by atoms with Crippen molar-refractivity contribution in [2.24, 2.45) is 0 Å². The quantitative estimate of drug-likeness (QED) is 0.338. The van der Waals surface area contributed by atoms with E-state index in [2.05, 4.69) is 36.3 Å². The Morgan fingerprint density at radius 1 is 0.857 bits per heavy atom. The van der Waals surface area contributed by atoms with E-state index >= 15 is 0 Å². The van der Waals surface area contributed by atoms with Crippen LogP contribution in [-0.4, -0.2) is 35.3 Å². The Hall–Kier alpha value is -3.50. The summed E-state index contributed by atoms with van der Waals surface area (Å²) in [7, 11) is 1.67. The van der Waals surface area contributed by atoms with Crippen molar-refractivity contribution in [3.63, 3.8) is 0 Å². The fourth-order valence-corrected chi connectivity index (χ4v) is 5.06. The number of phenolic OH excluding ortho intramolecular Hbond substituents is 2. The number of likely N-dealkylation sites (tertiary alicyclic amines) is 1. The third-order valence-corrected chi connectivity index (χ3v) is 6.79. The van der Waals surface area contributed by atoms with Crippen LogP contribution in [-0.2, 0) is 12.8 Å². The zero-order chi connectivity index (χ0) is 24.8. The van der Waals surface area contributed by atoms with Gasteiger partial charge in [-0.3, -0.25) is 4.90 Å². The number of nitrogens with zero attached hydrogens (tertiary/aromatic N) is 1. The summed E-state index contributed by atoms with van der Waals surface area (Å²) in [5.74, 6) is 1.16. The average molecular weight is 470 g/mol. The molecule has 4 nitrogen and oxygen atoms in total. The molecular formula is C31H35NO3. The first-order valence-electron chi connectivity index (χ1n) is 12.3. The highest BCUT2D eigenvalue weighted by atomic mass is 16.5. The van der Waals surface area contributed by atoms with Gasteiger partial charge in [-0.2, -0.15) is 0 Å². The van der Waals surface area contributed by atoms with Crippen molar-refractivity contribution in [1.82, 2.24) is 4.90 Å². The maximum absolute atomic E-state index is 11.7. The SMILES string of the molecule is C=CCc1ccc(O)c(-c2cc(CC=C)cc(C(c3ccc(OC)cc3)N3CCCCC3)c2O)c1. The summed E-state index contributed by atoms with van der Waals surface area (Å²) >= 11 is 0. The Kier molecular flexibility index (Phi) is 7.94. The molecule has 4 rings (SSSR count). The summed E-state index contributed by atoms with van der Waals surface area (Å²) in [6, 6.07) is 17.6. The number of phenols is 2. The van der Waals surface area contributed by atoms with Crippen LogP contribution in [0.2, 0.25) is 0 Å². The molecule has 1 atom stereocenters. The molecule has 1 heterocycles. The van der Waals surface area contributed by atoms with Gasteiger partial charge >= 0.3 is 0 Å². The Morgan fingerprint density at radius 2 is 1.51 bits per heavy atom. The topological polar surface area (TPSA) is 52.9 Å².